The molecular weight excluding hydrogens is 339 g/mol. The lowest BCUT2D eigenvalue weighted by Gasteiger charge is -2.12. The van der Waals surface area contributed by atoms with Crippen molar-refractivity contribution in [2.45, 2.75) is 13.1 Å². The van der Waals surface area contributed by atoms with Crippen molar-refractivity contribution in [2.75, 3.05) is 11.3 Å². The van der Waals surface area contributed by atoms with Crippen LogP contribution in [-0.4, -0.2) is 26.1 Å². The van der Waals surface area contributed by atoms with Gasteiger partial charge in [-0.05, 0) is 34.5 Å². The summed E-state index contributed by atoms with van der Waals surface area (Å²) >= 11 is 3.13. The molecule has 102 valence electrons. The molecule has 0 aliphatic carbocycles. The summed E-state index contributed by atoms with van der Waals surface area (Å²) < 4.78 is 62.2. The lowest BCUT2D eigenvalue weighted by atomic mass is 10.3. The highest BCUT2D eigenvalue weighted by Gasteiger charge is 2.29. The number of halogens is 4. The van der Waals surface area contributed by atoms with Gasteiger partial charge in [0.25, 0.3) is 0 Å². The molecule has 1 heterocycles. The van der Waals surface area contributed by atoms with Crippen LogP contribution >= 0.6 is 15.9 Å². The second-order valence-corrected chi connectivity index (χ2v) is 5.78. The largest absolute Gasteiger partial charge is 0.402 e. The molecule has 0 unspecified atom stereocenters. The van der Waals surface area contributed by atoms with E-state index in [1.54, 1.807) is 13.0 Å². The molecule has 0 aliphatic heterocycles. The number of alkyl halides is 3. The maximum Gasteiger partial charge on any atom is 0.402 e. The van der Waals surface area contributed by atoms with Gasteiger partial charge in [0.05, 0.1) is 0 Å². The molecule has 0 aromatic carbocycles. The van der Waals surface area contributed by atoms with E-state index in [9.17, 15) is 21.6 Å². The topological polar surface area (TPSA) is 71.1 Å². The number of rotatable bonds is 4. The Bertz CT molecular complexity index is 533. The van der Waals surface area contributed by atoms with Crippen molar-refractivity contribution in [3.8, 4) is 0 Å². The van der Waals surface area contributed by atoms with E-state index >= 15 is 0 Å². The van der Waals surface area contributed by atoms with E-state index in [1.807, 2.05) is 4.72 Å². The average molecular weight is 348 g/mol. The van der Waals surface area contributed by atoms with Gasteiger partial charge in [-0.2, -0.15) is 26.3 Å². The molecule has 1 rings (SSSR count). The fourth-order valence-electron chi connectivity index (χ4n) is 0.988. The monoisotopic (exact) mass is 347 g/mol. The zero-order valence-electron chi connectivity index (χ0n) is 9.05. The van der Waals surface area contributed by atoms with Crippen LogP contribution in [-0.2, 0) is 10.2 Å². The molecule has 18 heavy (non-hydrogen) atoms. The molecule has 10 heteroatoms. The summed E-state index contributed by atoms with van der Waals surface area (Å²) in [5.41, 5.74) is 0.474. The van der Waals surface area contributed by atoms with E-state index in [0.717, 1.165) is 0 Å². The maximum atomic E-state index is 11.9. The third-order valence-electron chi connectivity index (χ3n) is 1.74. The minimum atomic E-state index is -4.61. The zero-order chi connectivity index (χ0) is 14.0. The van der Waals surface area contributed by atoms with Crippen molar-refractivity contribution in [3.05, 3.63) is 22.3 Å². The number of nitrogens with zero attached hydrogens (tertiary/aromatic N) is 1. The van der Waals surface area contributed by atoms with Crippen molar-refractivity contribution >= 4 is 32.0 Å². The van der Waals surface area contributed by atoms with Crippen LogP contribution < -0.4 is 9.44 Å². The van der Waals surface area contributed by atoms with Crippen LogP contribution in [0.2, 0.25) is 0 Å². The molecule has 2 N–H and O–H groups in total. The fourth-order valence-corrected chi connectivity index (χ4v) is 2.33. The van der Waals surface area contributed by atoms with Crippen LogP contribution in [0.1, 0.15) is 5.56 Å². The number of aryl methyl sites for hydroxylation is 1. The smallest absolute Gasteiger partial charge is 0.254 e. The number of hydrogen-bond donors (Lipinski definition) is 2. The van der Waals surface area contributed by atoms with Gasteiger partial charge in [-0.3, -0.25) is 4.72 Å². The van der Waals surface area contributed by atoms with Crippen molar-refractivity contribution < 1.29 is 21.6 Å². The summed E-state index contributed by atoms with van der Waals surface area (Å²) in [6.07, 6.45) is -3.29. The van der Waals surface area contributed by atoms with Crippen molar-refractivity contribution in [2.24, 2.45) is 0 Å². The van der Waals surface area contributed by atoms with Gasteiger partial charge in [-0.25, -0.2) is 4.98 Å². The zero-order valence-corrected chi connectivity index (χ0v) is 11.4. The molecular formula is C8H9BrF3N3O2S. The van der Waals surface area contributed by atoms with Gasteiger partial charge in [0.1, 0.15) is 12.4 Å². The maximum absolute atomic E-state index is 11.9. The Morgan fingerprint density at radius 2 is 2.06 bits per heavy atom. The number of pyridine rings is 1. The molecule has 0 spiro atoms. The van der Waals surface area contributed by atoms with Gasteiger partial charge in [-0.15, -0.1) is 0 Å². The molecule has 0 saturated carbocycles. The lowest BCUT2D eigenvalue weighted by Crippen LogP contribution is -2.37. The predicted molar refractivity (Wildman–Crippen MR) is 63.3 cm³/mol. The minimum absolute atomic E-state index is 0.0344. The molecule has 0 fully saturated rings. The SMILES string of the molecule is Cc1cc(Br)cnc1NS(=O)(=O)NCC(F)(F)F. The molecule has 0 saturated heterocycles. The Kier molecular flexibility index (Phi) is 4.56. The lowest BCUT2D eigenvalue weighted by molar-refractivity contribution is -0.121. The van der Waals surface area contributed by atoms with Crippen molar-refractivity contribution in [3.63, 3.8) is 0 Å². The normalized spacial score (nSPS) is 12.5. The first-order valence-corrected chi connectivity index (χ1v) is 6.83. The molecule has 0 atom stereocenters. The molecule has 1 aromatic heterocycles. The summed E-state index contributed by atoms with van der Waals surface area (Å²) in [5.74, 6) is -0.0344. The van der Waals surface area contributed by atoms with Crippen LogP contribution in [0.25, 0.3) is 0 Å². The molecule has 0 amide bonds. The van der Waals surface area contributed by atoms with Gasteiger partial charge >= 0.3 is 16.4 Å². The van der Waals surface area contributed by atoms with E-state index in [-0.39, 0.29) is 5.82 Å². The molecule has 1 aromatic rings. The number of nitrogens with one attached hydrogen (secondary N) is 2. The standard InChI is InChI=1S/C8H9BrF3N3O2S/c1-5-2-6(9)3-13-7(5)15-18(16,17)14-4-8(10,11)12/h2-3,14H,4H2,1H3,(H,13,15). The molecule has 0 bridgehead atoms. The third-order valence-corrected chi connectivity index (χ3v) is 3.16. The van der Waals surface area contributed by atoms with E-state index in [4.69, 9.17) is 0 Å². The van der Waals surface area contributed by atoms with Crippen LogP contribution in [0.3, 0.4) is 0 Å². The van der Waals surface area contributed by atoms with E-state index in [2.05, 4.69) is 20.9 Å². The number of hydrogen-bond acceptors (Lipinski definition) is 3. The number of aromatic nitrogens is 1. The van der Waals surface area contributed by atoms with Crippen molar-refractivity contribution in [1.82, 2.24) is 9.71 Å². The summed E-state index contributed by atoms with van der Waals surface area (Å²) in [6.45, 7) is -0.0721. The Morgan fingerprint density at radius 1 is 1.44 bits per heavy atom. The van der Waals surface area contributed by atoms with Gasteiger partial charge in [0.15, 0.2) is 0 Å². The first kappa shape index (κ1) is 15.2. The Hall–Kier alpha value is -0.870. The molecule has 5 nitrogen and oxygen atoms in total. The number of anilines is 1. The van der Waals surface area contributed by atoms with Gasteiger partial charge < -0.3 is 0 Å². The highest BCUT2D eigenvalue weighted by atomic mass is 79.9. The quantitative estimate of drug-likeness (QED) is 0.874. The van der Waals surface area contributed by atoms with Gasteiger partial charge in [0.2, 0.25) is 0 Å². The van der Waals surface area contributed by atoms with Crippen molar-refractivity contribution in [1.29, 1.82) is 0 Å². The second kappa shape index (κ2) is 5.41. The third kappa shape index (κ3) is 5.19. The first-order valence-electron chi connectivity index (χ1n) is 4.55. The van der Waals surface area contributed by atoms with Crippen LogP contribution in [0.5, 0.6) is 0 Å². The molecule has 0 radical (unpaired) electrons. The highest BCUT2D eigenvalue weighted by Crippen LogP contribution is 2.18. The fraction of sp³-hybridized carbons (Fsp3) is 0.375. The predicted octanol–water partition coefficient (Wildman–Crippen LogP) is 1.96. The van der Waals surface area contributed by atoms with E-state index in [0.29, 0.717) is 10.0 Å². The Balaban J connectivity index is 2.77. The molecule has 0 aliphatic rings. The minimum Gasteiger partial charge on any atom is -0.254 e. The average Bonchev–Trinajstić information content (AvgIpc) is 2.19. The highest BCUT2D eigenvalue weighted by molar-refractivity contribution is 9.10. The summed E-state index contributed by atoms with van der Waals surface area (Å²) in [6, 6.07) is 1.58. The second-order valence-electron chi connectivity index (χ2n) is 3.36. The first-order chi connectivity index (χ1) is 8.09. The summed E-state index contributed by atoms with van der Waals surface area (Å²) in [4.78, 5) is 3.75. The van der Waals surface area contributed by atoms with Crippen LogP contribution in [0.4, 0.5) is 19.0 Å². The van der Waals surface area contributed by atoms with Crippen LogP contribution in [0.15, 0.2) is 16.7 Å². The van der Waals surface area contributed by atoms with Gasteiger partial charge in [0, 0.05) is 10.7 Å². The Labute approximate surface area is 110 Å². The van der Waals surface area contributed by atoms with Gasteiger partial charge in [-0.1, -0.05) is 0 Å². The van der Waals surface area contributed by atoms with Crippen LogP contribution in [0, 0.1) is 6.92 Å². The summed E-state index contributed by atoms with van der Waals surface area (Å²) in [7, 11) is -4.30. The van der Waals surface area contributed by atoms with E-state index in [1.165, 1.54) is 10.9 Å². The Morgan fingerprint density at radius 3 is 2.56 bits per heavy atom. The summed E-state index contributed by atoms with van der Waals surface area (Å²) in [5, 5.41) is 0. The van der Waals surface area contributed by atoms with E-state index < -0.39 is 22.9 Å².